The summed E-state index contributed by atoms with van der Waals surface area (Å²) in [5.41, 5.74) is 5.09. The first kappa shape index (κ1) is 31.2. The molecule has 0 atom stereocenters. The van der Waals surface area contributed by atoms with Crippen molar-refractivity contribution in [2.75, 3.05) is 13.2 Å². The molecule has 0 amide bonds. The SMILES string of the molecule is CCC(C)(C)C(=Cc1cc2sc3cc(C(C)C)c(OCCC(C)C)cc3c2cc1OCCC(C)C)c1ccccc1. The Morgan fingerprint density at radius 2 is 1.34 bits per heavy atom. The quantitative estimate of drug-likeness (QED) is 0.149. The largest absolute Gasteiger partial charge is 0.493 e. The summed E-state index contributed by atoms with van der Waals surface area (Å²) in [4.78, 5) is 0. The smallest absolute Gasteiger partial charge is 0.127 e. The molecule has 0 N–H and O–H groups in total. The minimum Gasteiger partial charge on any atom is -0.493 e. The fourth-order valence-corrected chi connectivity index (χ4v) is 6.28. The molecule has 0 fully saturated rings. The molecule has 0 aliphatic heterocycles. The lowest BCUT2D eigenvalue weighted by Gasteiger charge is -2.28. The molecular formula is C38H50O2S. The summed E-state index contributed by atoms with van der Waals surface area (Å²) in [6, 6.07) is 20.1. The van der Waals surface area contributed by atoms with E-state index in [0.29, 0.717) is 24.4 Å². The Morgan fingerprint density at radius 3 is 1.90 bits per heavy atom. The summed E-state index contributed by atoms with van der Waals surface area (Å²) in [6.07, 6.45) is 5.53. The molecule has 0 bridgehead atoms. The number of hydrogen-bond acceptors (Lipinski definition) is 3. The van der Waals surface area contributed by atoms with Gasteiger partial charge in [-0.3, -0.25) is 0 Å². The molecule has 4 rings (SSSR count). The summed E-state index contributed by atoms with van der Waals surface area (Å²) in [6.45, 7) is 22.0. The molecule has 0 spiro atoms. The van der Waals surface area contributed by atoms with Gasteiger partial charge in [-0.05, 0) is 89.5 Å². The van der Waals surface area contributed by atoms with E-state index in [1.54, 1.807) is 0 Å². The van der Waals surface area contributed by atoms with E-state index in [2.05, 4.69) is 123 Å². The van der Waals surface area contributed by atoms with E-state index in [1.807, 2.05) is 11.3 Å². The Kier molecular flexibility index (Phi) is 10.2. The maximum absolute atomic E-state index is 6.57. The Labute approximate surface area is 252 Å². The van der Waals surface area contributed by atoms with Gasteiger partial charge in [0.25, 0.3) is 0 Å². The van der Waals surface area contributed by atoms with Gasteiger partial charge in [0.15, 0.2) is 0 Å². The van der Waals surface area contributed by atoms with E-state index >= 15 is 0 Å². The van der Waals surface area contributed by atoms with Crippen LogP contribution in [-0.2, 0) is 0 Å². The van der Waals surface area contributed by atoms with Gasteiger partial charge < -0.3 is 9.47 Å². The molecule has 0 radical (unpaired) electrons. The van der Waals surface area contributed by atoms with Crippen LogP contribution in [0.4, 0.5) is 0 Å². The Morgan fingerprint density at radius 1 is 0.780 bits per heavy atom. The van der Waals surface area contributed by atoms with E-state index in [-0.39, 0.29) is 5.41 Å². The molecule has 3 aromatic carbocycles. The molecular weight excluding hydrogens is 520 g/mol. The third-order valence-electron chi connectivity index (χ3n) is 8.26. The van der Waals surface area contributed by atoms with E-state index in [0.717, 1.165) is 42.9 Å². The van der Waals surface area contributed by atoms with E-state index in [1.165, 1.54) is 36.9 Å². The second-order valence-electron chi connectivity index (χ2n) is 13.3. The molecule has 4 aromatic rings. The van der Waals surface area contributed by atoms with E-state index in [9.17, 15) is 0 Å². The Hall–Kier alpha value is -2.78. The Balaban J connectivity index is 1.90. The van der Waals surface area contributed by atoms with Gasteiger partial charge in [0, 0.05) is 25.7 Å². The number of hydrogen-bond donors (Lipinski definition) is 0. The molecule has 1 aromatic heterocycles. The molecule has 220 valence electrons. The normalized spacial score (nSPS) is 12.8. The van der Waals surface area contributed by atoms with Gasteiger partial charge in [0.1, 0.15) is 11.5 Å². The summed E-state index contributed by atoms with van der Waals surface area (Å²) in [7, 11) is 0. The molecule has 0 aliphatic rings. The van der Waals surface area contributed by atoms with Crippen LogP contribution >= 0.6 is 11.3 Å². The van der Waals surface area contributed by atoms with Crippen molar-refractivity contribution >= 4 is 43.2 Å². The summed E-state index contributed by atoms with van der Waals surface area (Å²) in [5.74, 6) is 3.61. The van der Waals surface area contributed by atoms with Crippen LogP contribution in [-0.4, -0.2) is 13.2 Å². The minimum atomic E-state index is 0.0278. The average molecular weight is 571 g/mol. The highest BCUT2D eigenvalue weighted by Gasteiger charge is 2.24. The number of fused-ring (bicyclic) bond motifs is 3. The minimum absolute atomic E-state index is 0.0278. The lowest BCUT2D eigenvalue weighted by Crippen LogP contribution is -2.12. The fourth-order valence-electron chi connectivity index (χ4n) is 5.12. The Bertz CT molecular complexity index is 1470. The molecule has 3 heteroatoms. The van der Waals surface area contributed by atoms with Crippen molar-refractivity contribution in [3.63, 3.8) is 0 Å². The summed E-state index contributed by atoms with van der Waals surface area (Å²) < 4.78 is 15.6. The molecule has 41 heavy (non-hydrogen) atoms. The second kappa shape index (κ2) is 13.5. The van der Waals surface area contributed by atoms with Crippen molar-refractivity contribution in [3.05, 3.63) is 71.3 Å². The zero-order valence-electron chi connectivity index (χ0n) is 26.8. The van der Waals surface area contributed by atoms with Crippen LogP contribution in [0.2, 0.25) is 0 Å². The molecule has 1 heterocycles. The second-order valence-corrected chi connectivity index (χ2v) is 14.3. The predicted octanol–water partition coefficient (Wildman–Crippen LogP) is 12.0. The van der Waals surface area contributed by atoms with Crippen molar-refractivity contribution in [1.82, 2.24) is 0 Å². The molecule has 0 unspecified atom stereocenters. The third kappa shape index (κ3) is 7.55. The van der Waals surface area contributed by atoms with Crippen LogP contribution in [0.3, 0.4) is 0 Å². The lowest BCUT2D eigenvalue weighted by molar-refractivity contribution is 0.286. The topological polar surface area (TPSA) is 18.5 Å². The maximum Gasteiger partial charge on any atom is 0.127 e. The van der Waals surface area contributed by atoms with Crippen molar-refractivity contribution in [2.24, 2.45) is 17.3 Å². The number of rotatable bonds is 13. The highest BCUT2D eigenvalue weighted by Crippen LogP contribution is 2.45. The number of ether oxygens (including phenoxy) is 2. The van der Waals surface area contributed by atoms with Gasteiger partial charge in [-0.2, -0.15) is 0 Å². The first-order valence-corrected chi connectivity index (χ1v) is 16.4. The van der Waals surface area contributed by atoms with Crippen molar-refractivity contribution in [3.8, 4) is 11.5 Å². The maximum atomic E-state index is 6.57. The van der Waals surface area contributed by atoms with Crippen LogP contribution < -0.4 is 9.47 Å². The fraction of sp³-hybridized carbons (Fsp3) is 0.474. The molecule has 0 saturated heterocycles. The first-order valence-electron chi connectivity index (χ1n) is 15.6. The van der Waals surface area contributed by atoms with Crippen LogP contribution in [0.15, 0.2) is 54.6 Å². The van der Waals surface area contributed by atoms with Crippen molar-refractivity contribution in [1.29, 1.82) is 0 Å². The summed E-state index contributed by atoms with van der Waals surface area (Å²) in [5, 5.41) is 2.51. The highest BCUT2D eigenvalue weighted by molar-refractivity contribution is 7.25. The van der Waals surface area contributed by atoms with E-state index in [4.69, 9.17) is 9.47 Å². The van der Waals surface area contributed by atoms with Crippen LogP contribution in [0.1, 0.15) is 104 Å². The number of allylic oxidation sites excluding steroid dienone is 1. The van der Waals surface area contributed by atoms with Gasteiger partial charge in [0.05, 0.1) is 13.2 Å². The first-order chi connectivity index (χ1) is 19.5. The van der Waals surface area contributed by atoms with Gasteiger partial charge >= 0.3 is 0 Å². The number of thiophene rings is 1. The zero-order valence-corrected chi connectivity index (χ0v) is 27.6. The standard InChI is InChI=1S/C38H50O2S/c1-10-38(8,9)33(28-14-12-11-13-15-28)20-29-21-36-31(22-34(29)39-18-16-25(2)3)32-23-35(40-19-17-26(4)5)30(27(6)7)24-37(32)41-36/h11-15,20-27H,10,16-19H2,1-9H3. The van der Waals surface area contributed by atoms with Gasteiger partial charge in [0.2, 0.25) is 0 Å². The van der Waals surface area contributed by atoms with E-state index < -0.39 is 0 Å². The van der Waals surface area contributed by atoms with Crippen LogP contribution in [0, 0.1) is 17.3 Å². The molecule has 2 nitrogen and oxygen atoms in total. The van der Waals surface area contributed by atoms with Crippen molar-refractivity contribution < 1.29 is 9.47 Å². The third-order valence-corrected chi connectivity index (χ3v) is 9.37. The number of benzene rings is 3. The lowest BCUT2D eigenvalue weighted by atomic mass is 9.77. The summed E-state index contributed by atoms with van der Waals surface area (Å²) >= 11 is 1.88. The van der Waals surface area contributed by atoms with Gasteiger partial charge in [-0.1, -0.05) is 92.6 Å². The predicted molar refractivity (Wildman–Crippen MR) is 182 cm³/mol. The van der Waals surface area contributed by atoms with Crippen molar-refractivity contribution in [2.45, 2.75) is 87.5 Å². The molecule has 0 saturated carbocycles. The average Bonchev–Trinajstić information content (AvgIpc) is 3.27. The van der Waals surface area contributed by atoms with Crippen LogP contribution in [0.25, 0.3) is 31.8 Å². The monoisotopic (exact) mass is 570 g/mol. The van der Waals surface area contributed by atoms with Gasteiger partial charge in [-0.15, -0.1) is 11.3 Å². The highest BCUT2D eigenvalue weighted by atomic mass is 32.1. The van der Waals surface area contributed by atoms with Crippen LogP contribution in [0.5, 0.6) is 11.5 Å². The zero-order chi connectivity index (χ0) is 29.7. The van der Waals surface area contributed by atoms with Gasteiger partial charge in [-0.25, -0.2) is 0 Å². The molecule has 0 aliphatic carbocycles.